The Labute approximate surface area is 138 Å². The average Bonchev–Trinajstić information content (AvgIpc) is 3.15. The van der Waals surface area contributed by atoms with Crippen LogP contribution >= 0.6 is 0 Å². The molecule has 0 aromatic carbocycles. The normalized spacial score (nSPS) is 21.9. The van der Waals surface area contributed by atoms with Gasteiger partial charge in [-0.25, -0.2) is 0 Å². The Balaban J connectivity index is 1.81. The van der Waals surface area contributed by atoms with E-state index in [1.165, 1.54) is 0 Å². The number of aromatic nitrogens is 2. The van der Waals surface area contributed by atoms with Crippen molar-refractivity contribution < 1.29 is 9.26 Å². The molecule has 1 aromatic rings. The molecule has 7 nitrogen and oxygen atoms in total. The van der Waals surface area contributed by atoms with E-state index in [0.29, 0.717) is 25.4 Å². The summed E-state index contributed by atoms with van der Waals surface area (Å²) >= 11 is 0. The fourth-order valence-electron chi connectivity index (χ4n) is 2.44. The number of hydrogen-bond acceptors (Lipinski definition) is 5. The maximum absolute atomic E-state index is 5.77. The molecular formula is C16H29N5O2. The van der Waals surface area contributed by atoms with Crippen LogP contribution in [0.5, 0.6) is 0 Å². The molecule has 0 radical (unpaired) electrons. The summed E-state index contributed by atoms with van der Waals surface area (Å²) in [5.41, 5.74) is -0.124. The van der Waals surface area contributed by atoms with Crippen LogP contribution in [-0.2, 0) is 11.2 Å². The highest BCUT2D eigenvalue weighted by Crippen LogP contribution is 2.24. The number of nitrogens with one attached hydrogen (secondary N) is 2. The average molecular weight is 323 g/mol. The predicted molar refractivity (Wildman–Crippen MR) is 89.7 cm³/mol. The van der Waals surface area contributed by atoms with Crippen LogP contribution in [0.1, 0.15) is 58.2 Å². The number of rotatable bonds is 7. The van der Waals surface area contributed by atoms with Gasteiger partial charge < -0.3 is 19.9 Å². The lowest BCUT2D eigenvalue weighted by Crippen LogP contribution is -2.40. The maximum Gasteiger partial charge on any atom is 0.228 e. The molecule has 0 bridgehead atoms. The van der Waals surface area contributed by atoms with Gasteiger partial charge in [-0.3, -0.25) is 4.99 Å². The summed E-state index contributed by atoms with van der Waals surface area (Å²) in [5, 5.41) is 10.5. The van der Waals surface area contributed by atoms with E-state index >= 15 is 0 Å². The molecule has 2 heterocycles. The highest BCUT2D eigenvalue weighted by molar-refractivity contribution is 5.79. The van der Waals surface area contributed by atoms with Gasteiger partial charge in [-0.1, -0.05) is 19.0 Å². The molecule has 1 aliphatic heterocycles. The minimum atomic E-state index is -0.124. The van der Waals surface area contributed by atoms with E-state index in [0.717, 1.165) is 37.8 Å². The van der Waals surface area contributed by atoms with Crippen LogP contribution in [0.25, 0.3) is 0 Å². The molecule has 1 atom stereocenters. The molecule has 23 heavy (non-hydrogen) atoms. The molecule has 0 spiro atoms. The zero-order valence-electron chi connectivity index (χ0n) is 14.7. The number of ether oxygens (including phenoxy) is 1. The SMILES string of the molecule is CCNC(=NCC1(C)CCCO1)NCCc1nc(C(C)C)no1. The first-order valence-corrected chi connectivity index (χ1v) is 8.51. The molecule has 1 aromatic heterocycles. The van der Waals surface area contributed by atoms with Crippen molar-refractivity contribution in [1.82, 2.24) is 20.8 Å². The summed E-state index contributed by atoms with van der Waals surface area (Å²) in [6.07, 6.45) is 2.86. The van der Waals surface area contributed by atoms with Crippen LogP contribution in [0.2, 0.25) is 0 Å². The van der Waals surface area contributed by atoms with E-state index in [1.807, 2.05) is 0 Å². The van der Waals surface area contributed by atoms with Gasteiger partial charge in [-0.05, 0) is 26.7 Å². The van der Waals surface area contributed by atoms with Gasteiger partial charge in [0, 0.05) is 32.0 Å². The molecule has 2 N–H and O–H groups in total. The summed E-state index contributed by atoms with van der Waals surface area (Å²) in [5.74, 6) is 2.49. The molecule has 1 aliphatic rings. The Morgan fingerprint density at radius 2 is 2.22 bits per heavy atom. The number of guanidine groups is 1. The Bertz CT molecular complexity index is 506. The fourth-order valence-corrected chi connectivity index (χ4v) is 2.44. The van der Waals surface area contributed by atoms with Crippen molar-refractivity contribution in [3.8, 4) is 0 Å². The van der Waals surface area contributed by atoms with Gasteiger partial charge in [0.1, 0.15) is 0 Å². The minimum absolute atomic E-state index is 0.124. The monoisotopic (exact) mass is 323 g/mol. The Morgan fingerprint density at radius 1 is 1.39 bits per heavy atom. The molecule has 0 aliphatic carbocycles. The molecule has 0 amide bonds. The van der Waals surface area contributed by atoms with E-state index in [2.05, 4.69) is 53.5 Å². The molecule has 1 fully saturated rings. The number of hydrogen-bond donors (Lipinski definition) is 2. The molecule has 1 unspecified atom stereocenters. The van der Waals surface area contributed by atoms with Gasteiger partial charge in [0.25, 0.3) is 0 Å². The van der Waals surface area contributed by atoms with Gasteiger partial charge in [-0.15, -0.1) is 0 Å². The maximum atomic E-state index is 5.77. The van der Waals surface area contributed by atoms with E-state index in [4.69, 9.17) is 9.26 Å². The Morgan fingerprint density at radius 3 is 2.83 bits per heavy atom. The minimum Gasteiger partial charge on any atom is -0.373 e. The smallest absolute Gasteiger partial charge is 0.228 e. The highest BCUT2D eigenvalue weighted by atomic mass is 16.5. The highest BCUT2D eigenvalue weighted by Gasteiger charge is 2.29. The van der Waals surface area contributed by atoms with Gasteiger partial charge in [-0.2, -0.15) is 4.98 Å². The molecule has 1 saturated heterocycles. The predicted octanol–water partition coefficient (Wildman–Crippen LogP) is 1.86. The third-order valence-electron chi connectivity index (χ3n) is 3.85. The molecule has 7 heteroatoms. The summed E-state index contributed by atoms with van der Waals surface area (Å²) in [4.78, 5) is 9.01. The van der Waals surface area contributed by atoms with Crippen molar-refractivity contribution in [2.24, 2.45) is 4.99 Å². The van der Waals surface area contributed by atoms with Crippen LogP contribution in [-0.4, -0.2) is 47.9 Å². The van der Waals surface area contributed by atoms with Crippen molar-refractivity contribution >= 4 is 5.96 Å². The van der Waals surface area contributed by atoms with Gasteiger partial charge in [0.05, 0.1) is 12.1 Å². The van der Waals surface area contributed by atoms with Crippen LogP contribution in [0.15, 0.2) is 9.52 Å². The first-order valence-electron chi connectivity index (χ1n) is 8.51. The van der Waals surface area contributed by atoms with Crippen molar-refractivity contribution in [3.05, 3.63) is 11.7 Å². The second kappa shape index (κ2) is 8.29. The van der Waals surface area contributed by atoms with E-state index < -0.39 is 0 Å². The summed E-state index contributed by atoms with van der Waals surface area (Å²) in [7, 11) is 0. The van der Waals surface area contributed by atoms with Crippen molar-refractivity contribution in [2.75, 3.05) is 26.2 Å². The van der Waals surface area contributed by atoms with Crippen molar-refractivity contribution in [2.45, 2.75) is 58.5 Å². The zero-order chi connectivity index (χ0) is 16.7. The molecule has 2 rings (SSSR count). The molecule has 130 valence electrons. The van der Waals surface area contributed by atoms with E-state index in [9.17, 15) is 0 Å². The zero-order valence-corrected chi connectivity index (χ0v) is 14.7. The first kappa shape index (κ1) is 17.7. The Kier molecular flexibility index (Phi) is 6.38. The summed E-state index contributed by atoms with van der Waals surface area (Å²) in [6.45, 7) is 11.3. The second-order valence-electron chi connectivity index (χ2n) is 6.47. The molecule has 0 saturated carbocycles. The van der Waals surface area contributed by atoms with Crippen molar-refractivity contribution in [1.29, 1.82) is 0 Å². The quantitative estimate of drug-likeness (QED) is 0.588. The topological polar surface area (TPSA) is 84.6 Å². The molecular weight excluding hydrogens is 294 g/mol. The summed E-state index contributed by atoms with van der Waals surface area (Å²) < 4.78 is 11.0. The van der Waals surface area contributed by atoms with Crippen LogP contribution in [0.4, 0.5) is 0 Å². The largest absolute Gasteiger partial charge is 0.373 e. The van der Waals surface area contributed by atoms with Crippen molar-refractivity contribution in [3.63, 3.8) is 0 Å². The van der Waals surface area contributed by atoms with Crippen LogP contribution in [0.3, 0.4) is 0 Å². The van der Waals surface area contributed by atoms with E-state index in [-0.39, 0.29) is 11.5 Å². The van der Waals surface area contributed by atoms with Crippen LogP contribution in [0, 0.1) is 0 Å². The number of nitrogens with zero attached hydrogens (tertiary/aromatic N) is 3. The fraction of sp³-hybridized carbons (Fsp3) is 0.812. The van der Waals surface area contributed by atoms with Gasteiger partial charge in [0.2, 0.25) is 5.89 Å². The third-order valence-corrected chi connectivity index (χ3v) is 3.85. The number of aliphatic imine (C=N–C) groups is 1. The second-order valence-corrected chi connectivity index (χ2v) is 6.47. The lowest BCUT2D eigenvalue weighted by Gasteiger charge is -2.21. The third kappa shape index (κ3) is 5.49. The van der Waals surface area contributed by atoms with Gasteiger partial charge >= 0.3 is 0 Å². The van der Waals surface area contributed by atoms with Crippen LogP contribution < -0.4 is 10.6 Å². The lowest BCUT2D eigenvalue weighted by atomic mass is 10.0. The lowest BCUT2D eigenvalue weighted by molar-refractivity contribution is 0.0283. The summed E-state index contributed by atoms with van der Waals surface area (Å²) in [6, 6.07) is 0. The first-order chi connectivity index (χ1) is 11.0. The Hall–Kier alpha value is -1.63. The van der Waals surface area contributed by atoms with E-state index in [1.54, 1.807) is 0 Å². The standard InChI is InChI=1S/C16H29N5O2/c1-5-17-15(19-11-16(4)8-6-10-22-16)18-9-7-13-20-14(12(2)3)21-23-13/h12H,5-11H2,1-4H3,(H2,17,18,19). The van der Waals surface area contributed by atoms with Gasteiger partial charge in [0.15, 0.2) is 11.8 Å².